The van der Waals surface area contributed by atoms with Crippen LogP contribution in [-0.2, 0) is 0 Å². The summed E-state index contributed by atoms with van der Waals surface area (Å²) >= 11 is 5.84. The third kappa shape index (κ3) is 2.78. The van der Waals surface area contributed by atoms with Gasteiger partial charge in [-0.3, -0.25) is 10.1 Å². The highest BCUT2D eigenvalue weighted by Gasteiger charge is 2.11. The van der Waals surface area contributed by atoms with Gasteiger partial charge in [-0.2, -0.15) is 0 Å². The van der Waals surface area contributed by atoms with Crippen LogP contribution in [0.25, 0.3) is 10.8 Å². The summed E-state index contributed by atoms with van der Waals surface area (Å²) in [5, 5.41) is 13.1. The molecule has 0 spiro atoms. The predicted octanol–water partition coefficient (Wildman–Crippen LogP) is 4.80. The summed E-state index contributed by atoms with van der Waals surface area (Å²) < 4.78 is 0. The fourth-order valence-corrected chi connectivity index (χ4v) is 2.36. The summed E-state index contributed by atoms with van der Waals surface area (Å²) in [7, 11) is 0. The fourth-order valence-electron chi connectivity index (χ4n) is 2.23. The first-order valence-corrected chi connectivity index (χ1v) is 6.97. The molecule has 0 aliphatic rings. The van der Waals surface area contributed by atoms with E-state index >= 15 is 0 Å². The zero-order valence-corrected chi connectivity index (χ0v) is 12.2. The zero-order chi connectivity index (χ0) is 15.5. The van der Waals surface area contributed by atoms with Crippen LogP contribution in [0.1, 0.15) is 11.1 Å². The van der Waals surface area contributed by atoms with Gasteiger partial charge >= 0.3 is 0 Å². The molecule has 0 atom stereocenters. The summed E-state index contributed by atoms with van der Waals surface area (Å²) in [6, 6.07) is 17.6. The lowest BCUT2D eigenvalue weighted by molar-refractivity contribution is -0.383. The SMILES string of the molecule is O=[N+]([O-])c1cccc2c(C#Cc3ccc(Cl)cc3)cccc12. The van der Waals surface area contributed by atoms with Gasteiger partial charge in [0.25, 0.3) is 5.69 Å². The number of fused-ring (bicyclic) bond motifs is 1. The monoisotopic (exact) mass is 307 g/mol. The van der Waals surface area contributed by atoms with Crippen molar-refractivity contribution in [2.45, 2.75) is 0 Å². The van der Waals surface area contributed by atoms with Gasteiger partial charge in [0.15, 0.2) is 0 Å². The van der Waals surface area contributed by atoms with Gasteiger partial charge in [-0.15, -0.1) is 0 Å². The quantitative estimate of drug-likeness (QED) is 0.368. The molecule has 0 aromatic heterocycles. The lowest BCUT2D eigenvalue weighted by atomic mass is 10.0. The first kappa shape index (κ1) is 14.1. The average Bonchev–Trinajstić information content (AvgIpc) is 2.53. The molecule has 3 nitrogen and oxygen atoms in total. The van der Waals surface area contributed by atoms with Gasteiger partial charge in [0, 0.05) is 27.6 Å². The molecular formula is C18H10ClNO2. The second-order valence-electron chi connectivity index (χ2n) is 4.69. The number of non-ortho nitro benzene ring substituents is 1. The van der Waals surface area contributed by atoms with Crippen LogP contribution in [-0.4, -0.2) is 4.92 Å². The largest absolute Gasteiger partial charge is 0.277 e. The average molecular weight is 308 g/mol. The Morgan fingerprint density at radius 1 is 0.864 bits per heavy atom. The van der Waals surface area contributed by atoms with Crippen molar-refractivity contribution in [3.63, 3.8) is 0 Å². The molecule has 0 fully saturated rings. The van der Waals surface area contributed by atoms with Crippen LogP contribution in [0.4, 0.5) is 5.69 Å². The Bertz CT molecular complexity index is 921. The van der Waals surface area contributed by atoms with Crippen LogP contribution < -0.4 is 0 Å². The molecular weight excluding hydrogens is 298 g/mol. The van der Waals surface area contributed by atoms with E-state index in [0.29, 0.717) is 10.4 Å². The van der Waals surface area contributed by atoms with Crippen molar-refractivity contribution in [2.24, 2.45) is 0 Å². The van der Waals surface area contributed by atoms with Crippen LogP contribution in [0.5, 0.6) is 0 Å². The Hall–Kier alpha value is -2.83. The highest BCUT2D eigenvalue weighted by molar-refractivity contribution is 6.30. The normalized spacial score (nSPS) is 10.0. The van der Waals surface area contributed by atoms with E-state index in [-0.39, 0.29) is 10.6 Å². The van der Waals surface area contributed by atoms with Crippen molar-refractivity contribution in [3.05, 3.63) is 86.9 Å². The van der Waals surface area contributed by atoms with Crippen molar-refractivity contribution in [1.29, 1.82) is 0 Å². The Kier molecular flexibility index (Phi) is 3.78. The minimum Gasteiger partial charge on any atom is -0.258 e. The molecule has 106 valence electrons. The molecule has 22 heavy (non-hydrogen) atoms. The van der Waals surface area contributed by atoms with Gasteiger partial charge < -0.3 is 0 Å². The molecule has 0 saturated heterocycles. The number of rotatable bonds is 1. The van der Waals surface area contributed by atoms with Crippen molar-refractivity contribution in [1.82, 2.24) is 0 Å². The standard InChI is InChI=1S/C18H10ClNO2/c19-15-11-8-13(9-12-15)7-10-14-3-1-5-17-16(14)4-2-6-18(17)20(21)22/h1-6,8-9,11-12H. The number of halogens is 1. The van der Waals surface area contributed by atoms with E-state index in [9.17, 15) is 10.1 Å². The second kappa shape index (κ2) is 5.88. The summed E-state index contributed by atoms with van der Waals surface area (Å²) in [4.78, 5) is 10.7. The third-order valence-corrected chi connectivity index (χ3v) is 3.53. The molecule has 3 rings (SSSR count). The Labute approximate surface area is 132 Å². The number of hydrogen-bond donors (Lipinski definition) is 0. The van der Waals surface area contributed by atoms with Crippen LogP contribution in [0.2, 0.25) is 5.02 Å². The van der Waals surface area contributed by atoms with E-state index in [1.165, 1.54) is 6.07 Å². The Morgan fingerprint density at radius 2 is 1.55 bits per heavy atom. The van der Waals surface area contributed by atoms with Crippen LogP contribution in [0.15, 0.2) is 60.7 Å². The van der Waals surface area contributed by atoms with E-state index in [2.05, 4.69) is 11.8 Å². The lowest BCUT2D eigenvalue weighted by Gasteiger charge is -2.01. The second-order valence-corrected chi connectivity index (χ2v) is 5.13. The van der Waals surface area contributed by atoms with E-state index < -0.39 is 0 Å². The Balaban J connectivity index is 2.11. The number of hydrogen-bond acceptors (Lipinski definition) is 2. The predicted molar refractivity (Wildman–Crippen MR) is 88.0 cm³/mol. The van der Waals surface area contributed by atoms with E-state index in [4.69, 9.17) is 11.6 Å². The molecule has 3 aromatic rings. The molecule has 0 unspecified atom stereocenters. The minimum atomic E-state index is -0.376. The first-order valence-electron chi connectivity index (χ1n) is 6.59. The first-order chi connectivity index (χ1) is 10.6. The number of nitrogens with zero attached hydrogens (tertiary/aromatic N) is 1. The number of nitro benzene ring substituents is 1. The summed E-state index contributed by atoms with van der Waals surface area (Å²) in [6.45, 7) is 0. The van der Waals surface area contributed by atoms with Crippen molar-refractivity contribution < 1.29 is 4.92 Å². The van der Waals surface area contributed by atoms with Crippen LogP contribution >= 0.6 is 11.6 Å². The zero-order valence-electron chi connectivity index (χ0n) is 11.4. The van der Waals surface area contributed by atoms with Crippen LogP contribution in [0, 0.1) is 22.0 Å². The summed E-state index contributed by atoms with van der Waals surface area (Å²) in [5.41, 5.74) is 1.69. The molecule has 0 heterocycles. The maximum Gasteiger partial charge on any atom is 0.277 e. The summed E-state index contributed by atoms with van der Waals surface area (Å²) in [5.74, 6) is 6.12. The Morgan fingerprint density at radius 3 is 2.27 bits per heavy atom. The molecule has 4 heteroatoms. The van der Waals surface area contributed by atoms with E-state index in [0.717, 1.165) is 16.5 Å². The summed E-state index contributed by atoms with van der Waals surface area (Å²) in [6.07, 6.45) is 0. The minimum absolute atomic E-state index is 0.0904. The van der Waals surface area contributed by atoms with Crippen molar-refractivity contribution in [2.75, 3.05) is 0 Å². The van der Waals surface area contributed by atoms with Crippen molar-refractivity contribution in [3.8, 4) is 11.8 Å². The highest BCUT2D eigenvalue weighted by atomic mass is 35.5. The van der Waals surface area contributed by atoms with Crippen LogP contribution in [0.3, 0.4) is 0 Å². The molecule has 0 saturated carbocycles. The van der Waals surface area contributed by atoms with Gasteiger partial charge in [0.1, 0.15) is 0 Å². The highest BCUT2D eigenvalue weighted by Crippen LogP contribution is 2.27. The van der Waals surface area contributed by atoms with E-state index in [1.807, 2.05) is 24.3 Å². The molecule has 0 aliphatic carbocycles. The third-order valence-electron chi connectivity index (χ3n) is 3.28. The van der Waals surface area contributed by atoms with Gasteiger partial charge in [-0.1, -0.05) is 41.6 Å². The fraction of sp³-hybridized carbons (Fsp3) is 0. The lowest BCUT2D eigenvalue weighted by Crippen LogP contribution is -1.90. The van der Waals surface area contributed by atoms with E-state index in [1.54, 1.807) is 30.3 Å². The molecule has 0 amide bonds. The molecule has 0 bridgehead atoms. The topological polar surface area (TPSA) is 43.1 Å². The number of nitro groups is 1. The smallest absolute Gasteiger partial charge is 0.258 e. The molecule has 0 aliphatic heterocycles. The van der Waals surface area contributed by atoms with Gasteiger partial charge in [-0.25, -0.2) is 0 Å². The van der Waals surface area contributed by atoms with Crippen molar-refractivity contribution >= 4 is 28.1 Å². The van der Waals surface area contributed by atoms with Gasteiger partial charge in [0.05, 0.1) is 10.3 Å². The molecule has 0 N–H and O–H groups in total. The van der Waals surface area contributed by atoms with Gasteiger partial charge in [-0.05, 0) is 36.4 Å². The van der Waals surface area contributed by atoms with Gasteiger partial charge in [0.2, 0.25) is 0 Å². The molecule has 0 radical (unpaired) electrons. The number of benzene rings is 3. The maximum atomic E-state index is 11.1. The maximum absolute atomic E-state index is 11.1. The molecule has 3 aromatic carbocycles.